The number of thioether (sulfide) groups is 1. The van der Waals surface area contributed by atoms with Crippen LogP contribution in [0.5, 0.6) is 0 Å². The zero-order valence-corrected chi connectivity index (χ0v) is 15.5. The molecule has 1 heterocycles. The number of carbonyl (C=O) groups is 2. The van der Waals surface area contributed by atoms with Gasteiger partial charge in [0, 0.05) is 17.1 Å². The molecule has 140 valence electrons. The molecule has 0 saturated carbocycles. The zero-order chi connectivity index (χ0) is 19.1. The van der Waals surface area contributed by atoms with E-state index in [-0.39, 0.29) is 24.8 Å². The summed E-state index contributed by atoms with van der Waals surface area (Å²) in [5.74, 6) is -0.569. The van der Waals surface area contributed by atoms with E-state index in [1.54, 1.807) is 12.1 Å². The molecule has 0 fully saturated rings. The van der Waals surface area contributed by atoms with Crippen molar-refractivity contribution in [3.63, 3.8) is 0 Å². The van der Waals surface area contributed by atoms with Crippen LogP contribution < -0.4 is 0 Å². The molecule has 2 aromatic carbocycles. The molecule has 1 amide bonds. The van der Waals surface area contributed by atoms with Crippen molar-refractivity contribution in [2.45, 2.75) is 17.7 Å². The topological polar surface area (TPSA) is 59.0 Å². The maximum absolute atomic E-state index is 12.8. The van der Waals surface area contributed by atoms with E-state index in [1.807, 2.05) is 30.3 Å². The van der Waals surface area contributed by atoms with Crippen molar-refractivity contribution >= 4 is 29.4 Å². The summed E-state index contributed by atoms with van der Waals surface area (Å²) in [5, 5.41) is 5.67. The summed E-state index contributed by atoms with van der Waals surface area (Å²) in [6.45, 7) is 0.173. The summed E-state index contributed by atoms with van der Waals surface area (Å²) >= 11 is 1.43. The minimum Gasteiger partial charge on any atom is -0.455 e. The molecule has 1 aliphatic rings. The largest absolute Gasteiger partial charge is 0.455 e. The first-order valence-corrected chi connectivity index (χ1v) is 9.57. The highest BCUT2D eigenvalue weighted by molar-refractivity contribution is 7.99. The van der Waals surface area contributed by atoms with Crippen LogP contribution in [0.25, 0.3) is 0 Å². The van der Waals surface area contributed by atoms with Crippen LogP contribution in [0.4, 0.5) is 4.39 Å². The average molecular weight is 386 g/mol. The number of hydrazone groups is 1. The van der Waals surface area contributed by atoms with Gasteiger partial charge in [-0.1, -0.05) is 30.3 Å². The third-order valence-corrected chi connectivity index (χ3v) is 4.96. The smallest absolute Gasteiger partial charge is 0.307 e. The Balaban J connectivity index is 1.39. The fourth-order valence-corrected chi connectivity index (χ4v) is 3.38. The number of ether oxygens (including phenoxy) is 1. The monoisotopic (exact) mass is 386 g/mol. The quantitative estimate of drug-likeness (QED) is 0.540. The normalized spacial score (nSPS) is 13.4. The van der Waals surface area contributed by atoms with Gasteiger partial charge in [-0.05, 0) is 29.8 Å². The molecule has 27 heavy (non-hydrogen) atoms. The highest BCUT2D eigenvalue weighted by Crippen LogP contribution is 2.19. The molecule has 0 aromatic heterocycles. The Morgan fingerprint density at radius 3 is 2.59 bits per heavy atom. The Labute approximate surface area is 161 Å². The number of hydrogen-bond donors (Lipinski definition) is 0. The number of amides is 1. The van der Waals surface area contributed by atoms with Gasteiger partial charge in [0.05, 0.1) is 18.7 Å². The Kier molecular flexibility index (Phi) is 6.59. The van der Waals surface area contributed by atoms with Gasteiger partial charge in [0.15, 0.2) is 6.61 Å². The molecule has 0 unspecified atom stereocenters. The Morgan fingerprint density at radius 1 is 1.11 bits per heavy atom. The summed E-state index contributed by atoms with van der Waals surface area (Å²) < 4.78 is 17.9. The van der Waals surface area contributed by atoms with Gasteiger partial charge >= 0.3 is 5.97 Å². The van der Waals surface area contributed by atoms with Crippen molar-refractivity contribution in [1.82, 2.24) is 5.01 Å². The third-order valence-electron chi connectivity index (χ3n) is 3.94. The average Bonchev–Trinajstić information content (AvgIpc) is 3.19. The molecule has 5 nitrogen and oxygen atoms in total. The lowest BCUT2D eigenvalue weighted by Gasteiger charge is -2.11. The van der Waals surface area contributed by atoms with Crippen LogP contribution in [-0.4, -0.2) is 41.5 Å². The van der Waals surface area contributed by atoms with E-state index >= 15 is 0 Å². The minimum absolute atomic E-state index is 0.174. The highest BCUT2D eigenvalue weighted by atomic mass is 32.2. The van der Waals surface area contributed by atoms with Crippen molar-refractivity contribution in [2.75, 3.05) is 18.9 Å². The van der Waals surface area contributed by atoms with Crippen LogP contribution in [-0.2, 0) is 14.3 Å². The first-order chi connectivity index (χ1) is 13.1. The molecule has 0 radical (unpaired) electrons. The predicted octanol–water partition coefficient (Wildman–Crippen LogP) is 3.49. The van der Waals surface area contributed by atoms with Gasteiger partial charge in [-0.3, -0.25) is 9.59 Å². The summed E-state index contributed by atoms with van der Waals surface area (Å²) in [6, 6.07) is 15.7. The van der Waals surface area contributed by atoms with E-state index in [0.29, 0.717) is 18.7 Å². The molecule has 2 aromatic rings. The third kappa shape index (κ3) is 5.65. The second-order valence-electron chi connectivity index (χ2n) is 5.89. The van der Waals surface area contributed by atoms with Gasteiger partial charge in [0.2, 0.25) is 0 Å². The van der Waals surface area contributed by atoms with Gasteiger partial charge in [0.25, 0.3) is 5.91 Å². The molecule has 0 atom stereocenters. The second-order valence-corrected chi connectivity index (χ2v) is 7.06. The first-order valence-electron chi connectivity index (χ1n) is 8.59. The van der Waals surface area contributed by atoms with E-state index in [1.165, 1.54) is 28.9 Å². The second kappa shape index (κ2) is 9.32. The number of carbonyl (C=O) groups excluding carboxylic acids is 2. The van der Waals surface area contributed by atoms with Gasteiger partial charge in [-0.25, -0.2) is 9.40 Å². The van der Waals surface area contributed by atoms with E-state index in [0.717, 1.165) is 16.2 Å². The molecule has 0 spiro atoms. The van der Waals surface area contributed by atoms with Crippen molar-refractivity contribution in [3.8, 4) is 0 Å². The molecule has 3 rings (SSSR count). The van der Waals surface area contributed by atoms with Crippen LogP contribution in [0, 0.1) is 5.82 Å². The van der Waals surface area contributed by atoms with Crippen molar-refractivity contribution in [3.05, 3.63) is 66.0 Å². The van der Waals surface area contributed by atoms with Crippen LogP contribution in [0.3, 0.4) is 0 Å². The maximum Gasteiger partial charge on any atom is 0.307 e. The van der Waals surface area contributed by atoms with Gasteiger partial charge in [-0.15, -0.1) is 11.8 Å². The van der Waals surface area contributed by atoms with Crippen molar-refractivity contribution in [1.29, 1.82) is 0 Å². The van der Waals surface area contributed by atoms with Crippen LogP contribution in [0.1, 0.15) is 18.4 Å². The molecule has 1 aliphatic heterocycles. The van der Waals surface area contributed by atoms with Crippen molar-refractivity contribution in [2.24, 2.45) is 5.10 Å². The standard InChI is InChI=1S/C20H19FN2O3S/c21-16-6-8-17(9-7-16)27-13-11-20(25)26-14-19(24)23-12-10-18(22-23)15-4-2-1-3-5-15/h1-9H,10-14H2. The fraction of sp³-hybridized carbons (Fsp3) is 0.250. The molecule has 0 saturated heterocycles. The van der Waals surface area contributed by atoms with Crippen molar-refractivity contribution < 1.29 is 18.7 Å². The lowest BCUT2D eigenvalue weighted by atomic mass is 10.1. The van der Waals surface area contributed by atoms with Gasteiger partial charge in [-0.2, -0.15) is 5.10 Å². The van der Waals surface area contributed by atoms with Crippen LogP contribution in [0.2, 0.25) is 0 Å². The zero-order valence-electron chi connectivity index (χ0n) is 14.6. The number of halogens is 1. The summed E-state index contributed by atoms with van der Waals surface area (Å²) in [5.41, 5.74) is 1.84. The Hall–Kier alpha value is -2.67. The van der Waals surface area contributed by atoms with E-state index in [4.69, 9.17) is 4.74 Å². The molecule has 0 N–H and O–H groups in total. The fourth-order valence-electron chi connectivity index (χ4n) is 2.54. The molecular formula is C20H19FN2O3S. The molecule has 7 heteroatoms. The Morgan fingerprint density at radius 2 is 1.85 bits per heavy atom. The Bertz CT molecular complexity index is 825. The van der Waals surface area contributed by atoms with E-state index in [2.05, 4.69) is 5.10 Å². The number of benzene rings is 2. The lowest BCUT2D eigenvalue weighted by molar-refractivity contribution is -0.151. The summed E-state index contributed by atoms with van der Waals surface area (Å²) in [6.07, 6.45) is 0.853. The molecule has 0 bridgehead atoms. The number of hydrogen-bond acceptors (Lipinski definition) is 5. The number of esters is 1. The van der Waals surface area contributed by atoms with Crippen LogP contribution >= 0.6 is 11.8 Å². The van der Waals surface area contributed by atoms with Gasteiger partial charge < -0.3 is 4.74 Å². The lowest BCUT2D eigenvalue weighted by Crippen LogP contribution is -2.28. The predicted molar refractivity (Wildman–Crippen MR) is 102 cm³/mol. The molecular weight excluding hydrogens is 367 g/mol. The SMILES string of the molecule is O=C(CCSc1ccc(F)cc1)OCC(=O)N1CCC(c2ccccc2)=N1. The summed E-state index contributed by atoms with van der Waals surface area (Å²) in [4.78, 5) is 24.8. The highest BCUT2D eigenvalue weighted by Gasteiger charge is 2.22. The van der Waals surface area contributed by atoms with E-state index in [9.17, 15) is 14.0 Å². The summed E-state index contributed by atoms with van der Waals surface area (Å²) in [7, 11) is 0. The van der Waals surface area contributed by atoms with E-state index < -0.39 is 5.97 Å². The van der Waals surface area contributed by atoms with Gasteiger partial charge in [0.1, 0.15) is 5.82 Å². The minimum atomic E-state index is -0.440. The number of rotatable bonds is 7. The van der Waals surface area contributed by atoms with Crippen LogP contribution in [0.15, 0.2) is 64.6 Å². The molecule has 0 aliphatic carbocycles. The maximum atomic E-state index is 12.8. The number of nitrogens with zero attached hydrogens (tertiary/aromatic N) is 2. The first kappa shape index (κ1) is 19.1.